The Labute approximate surface area is 254 Å². The Morgan fingerprint density at radius 2 is 1.93 bits per heavy atom. The molecular formula is C30H50N4O7S. The molecule has 1 aromatic rings. The summed E-state index contributed by atoms with van der Waals surface area (Å²) in [5, 5.41) is 14.2. The van der Waals surface area contributed by atoms with Crippen molar-refractivity contribution in [3.63, 3.8) is 0 Å². The molecule has 1 saturated heterocycles. The number of likely N-dealkylation sites (tertiary alicyclic amines) is 1. The van der Waals surface area contributed by atoms with Crippen LogP contribution in [0, 0.1) is 11.8 Å². The van der Waals surface area contributed by atoms with Gasteiger partial charge in [-0.05, 0) is 44.7 Å². The number of likely N-dealkylation sites (N-methyl/N-ethyl adjacent to an activating group) is 1. The normalized spacial score (nSPS) is 18.6. The van der Waals surface area contributed by atoms with Crippen molar-refractivity contribution < 1.29 is 33.8 Å². The van der Waals surface area contributed by atoms with Gasteiger partial charge in [-0.15, -0.1) is 11.3 Å². The Balaban J connectivity index is 2.43. The summed E-state index contributed by atoms with van der Waals surface area (Å²) in [6, 6.07) is -1.50. The van der Waals surface area contributed by atoms with Crippen molar-refractivity contribution in [3.05, 3.63) is 16.1 Å². The first-order valence-electron chi connectivity index (χ1n) is 15.2. The SMILES string of the molecule is CCCCOCN(C(=O)[C@@H](NC(=O)[C@H]1CCCCN1C)[C@@H](C)CC)[C@H](C[C@@H](OC(C)=O)c1nc(C(=O)O)cs1)C(C)C. The second-order valence-electron chi connectivity index (χ2n) is 11.6. The van der Waals surface area contributed by atoms with Crippen LogP contribution in [0.15, 0.2) is 5.38 Å². The van der Waals surface area contributed by atoms with Gasteiger partial charge in [0.2, 0.25) is 11.8 Å². The second-order valence-corrected chi connectivity index (χ2v) is 12.5. The number of carbonyl (C=O) groups excluding carboxylic acids is 3. The average Bonchev–Trinajstić information content (AvgIpc) is 3.44. The summed E-state index contributed by atoms with van der Waals surface area (Å²) < 4.78 is 11.6. The van der Waals surface area contributed by atoms with Crippen LogP contribution in [0.2, 0.25) is 0 Å². The Bertz CT molecular complexity index is 1030. The number of carboxylic acid groups (broad SMARTS) is 1. The molecule has 42 heavy (non-hydrogen) atoms. The van der Waals surface area contributed by atoms with E-state index in [0.29, 0.717) is 18.0 Å². The summed E-state index contributed by atoms with van der Waals surface area (Å²) in [6.45, 7) is 12.6. The second kappa shape index (κ2) is 17.5. The smallest absolute Gasteiger partial charge is 0.355 e. The van der Waals surface area contributed by atoms with Crippen LogP contribution in [0.4, 0.5) is 0 Å². The standard InChI is InChI=1S/C30H50N4O7S/c1-8-10-15-40-18-34(29(37)26(20(5)9-2)32-27(36)23-13-11-12-14-33(23)7)24(19(3)4)16-25(41-21(6)35)28-31-22(17-42-28)30(38)39/h17,19-20,23-26H,8-16,18H2,1-7H3,(H,32,36)(H,38,39)/t20-,23+,24+,25+,26-/m0/s1. The van der Waals surface area contributed by atoms with E-state index in [1.54, 1.807) is 4.90 Å². The van der Waals surface area contributed by atoms with Crippen molar-refractivity contribution in [1.82, 2.24) is 20.1 Å². The minimum absolute atomic E-state index is 0.0128. The van der Waals surface area contributed by atoms with Gasteiger partial charge in [0.15, 0.2) is 11.8 Å². The number of carboxylic acids is 1. The van der Waals surface area contributed by atoms with E-state index in [1.807, 2.05) is 39.6 Å². The summed E-state index contributed by atoms with van der Waals surface area (Å²) in [5.41, 5.74) is -0.128. The zero-order valence-electron chi connectivity index (χ0n) is 26.3. The third-order valence-electron chi connectivity index (χ3n) is 7.96. The summed E-state index contributed by atoms with van der Waals surface area (Å²) in [5.74, 6) is -2.32. The molecule has 0 bridgehead atoms. The van der Waals surface area contributed by atoms with Gasteiger partial charge in [0.25, 0.3) is 0 Å². The molecule has 0 spiro atoms. The number of rotatable bonds is 17. The highest BCUT2D eigenvalue weighted by Gasteiger charge is 2.39. The number of esters is 1. The fraction of sp³-hybridized carbons (Fsp3) is 0.767. The number of hydrogen-bond acceptors (Lipinski definition) is 9. The molecule has 5 atom stereocenters. The van der Waals surface area contributed by atoms with E-state index in [-0.39, 0.29) is 48.5 Å². The molecule has 2 amide bonds. The first kappa shape index (κ1) is 35.6. The van der Waals surface area contributed by atoms with Crippen LogP contribution < -0.4 is 5.32 Å². The van der Waals surface area contributed by atoms with Crippen molar-refractivity contribution >= 4 is 35.1 Å². The summed E-state index contributed by atoms with van der Waals surface area (Å²) in [7, 11) is 1.94. The predicted molar refractivity (Wildman–Crippen MR) is 161 cm³/mol. The lowest BCUT2D eigenvalue weighted by Gasteiger charge is -2.40. The third kappa shape index (κ3) is 10.3. The number of nitrogens with one attached hydrogen (secondary N) is 1. The first-order chi connectivity index (χ1) is 19.9. The Morgan fingerprint density at radius 3 is 2.48 bits per heavy atom. The molecule has 2 heterocycles. The van der Waals surface area contributed by atoms with Crippen LogP contribution in [-0.2, 0) is 23.9 Å². The average molecular weight is 611 g/mol. The Kier molecular flexibility index (Phi) is 14.9. The van der Waals surface area contributed by atoms with Crippen LogP contribution in [0.5, 0.6) is 0 Å². The zero-order chi connectivity index (χ0) is 31.4. The lowest BCUT2D eigenvalue weighted by molar-refractivity contribution is -0.153. The molecule has 1 aromatic heterocycles. The van der Waals surface area contributed by atoms with Gasteiger partial charge in [-0.25, -0.2) is 9.78 Å². The fourth-order valence-electron chi connectivity index (χ4n) is 5.16. The summed E-state index contributed by atoms with van der Waals surface area (Å²) in [4.78, 5) is 59.3. The van der Waals surface area contributed by atoms with Gasteiger partial charge in [-0.3, -0.25) is 19.3 Å². The van der Waals surface area contributed by atoms with Crippen molar-refractivity contribution in [2.45, 2.75) is 111 Å². The number of amides is 2. The molecule has 0 aromatic carbocycles. The maximum absolute atomic E-state index is 14.4. The van der Waals surface area contributed by atoms with Crippen molar-refractivity contribution in [2.24, 2.45) is 11.8 Å². The van der Waals surface area contributed by atoms with E-state index in [4.69, 9.17) is 9.47 Å². The fourth-order valence-corrected chi connectivity index (χ4v) is 5.99. The van der Waals surface area contributed by atoms with Crippen LogP contribution in [0.3, 0.4) is 0 Å². The van der Waals surface area contributed by atoms with Gasteiger partial charge in [-0.2, -0.15) is 0 Å². The van der Waals surface area contributed by atoms with Gasteiger partial charge in [0, 0.05) is 31.4 Å². The van der Waals surface area contributed by atoms with Gasteiger partial charge >= 0.3 is 11.9 Å². The number of hydrogen-bond donors (Lipinski definition) is 2. The first-order valence-corrected chi connectivity index (χ1v) is 16.0. The highest BCUT2D eigenvalue weighted by Crippen LogP contribution is 2.31. The van der Waals surface area contributed by atoms with E-state index in [9.17, 15) is 24.3 Å². The van der Waals surface area contributed by atoms with Gasteiger partial charge in [0.1, 0.15) is 17.8 Å². The van der Waals surface area contributed by atoms with Crippen LogP contribution >= 0.6 is 11.3 Å². The molecule has 0 radical (unpaired) electrons. The van der Waals surface area contributed by atoms with Crippen molar-refractivity contribution in [2.75, 3.05) is 26.9 Å². The largest absolute Gasteiger partial charge is 0.476 e. The van der Waals surface area contributed by atoms with Gasteiger partial charge in [-0.1, -0.05) is 53.9 Å². The zero-order valence-corrected chi connectivity index (χ0v) is 27.1. The number of aromatic carboxylic acids is 1. The maximum Gasteiger partial charge on any atom is 0.355 e. The third-order valence-corrected chi connectivity index (χ3v) is 8.89. The molecule has 0 aliphatic carbocycles. The highest BCUT2D eigenvalue weighted by atomic mass is 32.1. The molecule has 2 rings (SSSR count). The molecule has 11 nitrogen and oxygen atoms in total. The monoisotopic (exact) mass is 610 g/mol. The van der Waals surface area contributed by atoms with Crippen LogP contribution in [0.1, 0.15) is 108 Å². The number of nitrogens with zero attached hydrogens (tertiary/aromatic N) is 3. The number of thiazole rings is 1. The lowest BCUT2D eigenvalue weighted by Crippen LogP contribution is -2.59. The molecule has 1 aliphatic rings. The van der Waals surface area contributed by atoms with E-state index >= 15 is 0 Å². The van der Waals surface area contributed by atoms with E-state index in [2.05, 4.69) is 17.2 Å². The maximum atomic E-state index is 14.4. The van der Waals surface area contributed by atoms with E-state index in [1.165, 1.54) is 12.3 Å². The molecular weight excluding hydrogens is 560 g/mol. The van der Waals surface area contributed by atoms with Gasteiger partial charge < -0.3 is 24.8 Å². The Morgan fingerprint density at radius 1 is 1.21 bits per heavy atom. The molecule has 2 N–H and O–H groups in total. The van der Waals surface area contributed by atoms with Crippen LogP contribution in [0.25, 0.3) is 0 Å². The minimum atomic E-state index is -1.17. The molecule has 0 saturated carbocycles. The van der Waals surface area contributed by atoms with E-state index < -0.39 is 30.1 Å². The lowest BCUT2D eigenvalue weighted by atomic mass is 9.92. The molecule has 238 valence electrons. The number of unbranched alkanes of at least 4 members (excludes halogenated alkanes) is 1. The molecule has 12 heteroatoms. The number of piperidine rings is 1. The van der Waals surface area contributed by atoms with Crippen LogP contribution in [-0.4, -0.2) is 88.7 Å². The molecule has 0 unspecified atom stereocenters. The molecule has 1 fully saturated rings. The number of carbonyl (C=O) groups is 4. The molecule has 1 aliphatic heterocycles. The predicted octanol–water partition coefficient (Wildman–Crippen LogP) is 4.48. The van der Waals surface area contributed by atoms with E-state index in [0.717, 1.165) is 50.0 Å². The minimum Gasteiger partial charge on any atom is -0.476 e. The quantitative estimate of drug-likeness (QED) is 0.149. The summed E-state index contributed by atoms with van der Waals surface area (Å²) >= 11 is 1.10. The topological polar surface area (TPSA) is 138 Å². The van der Waals surface area contributed by atoms with Gasteiger partial charge in [0.05, 0.1) is 6.04 Å². The Hall–Kier alpha value is -2.57. The number of ether oxygens (including phenoxy) is 2. The highest BCUT2D eigenvalue weighted by molar-refractivity contribution is 7.09. The van der Waals surface area contributed by atoms with Crippen molar-refractivity contribution in [3.8, 4) is 0 Å². The number of aromatic nitrogens is 1. The van der Waals surface area contributed by atoms with Crippen molar-refractivity contribution in [1.29, 1.82) is 0 Å². The summed E-state index contributed by atoms with van der Waals surface area (Å²) in [6.07, 6.45) is 4.55.